The highest BCUT2D eigenvalue weighted by Crippen LogP contribution is 2.29. The molecule has 0 unspecified atom stereocenters. The van der Waals surface area contributed by atoms with Gasteiger partial charge in [0.1, 0.15) is 18.4 Å². The molecule has 0 atom stereocenters. The van der Waals surface area contributed by atoms with Gasteiger partial charge in [-0.05, 0) is 54.7 Å². The smallest absolute Gasteiger partial charge is 0.251 e. The Hall–Kier alpha value is -3.15. The maximum atomic E-state index is 12.6. The Labute approximate surface area is 151 Å². The van der Waals surface area contributed by atoms with Crippen LogP contribution in [-0.2, 0) is 19.4 Å². The van der Waals surface area contributed by atoms with E-state index in [1.807, 2.05) is 18.2 Å². The van der Waals surface area contributed by atoms with E-state index >= 15 is 0 Å². The van der Waals surface area contributed by atoms with Crippen molar-refractivity contribution in [2.75, 3.05) is 7.11 Å². The number of rotatable bonds is 5. The number of nitrogens with zero attached hydrogens (tertiary/aromatic N) is 3. The summed E-state index contributed by atoms with van der Waals surface area (Å²) in [7, 11) is 1.67. The van der Waals surface area contributed by atoms with Crippen LogP contribution < -0.4 is 10.1 Å². The number of methoxy groups -OCH3 is 1. The largest absolute Gasteiger partial charge is 0.496 e. The average Bonchev–Trinajstić information content (AvgIpc) is 3.36. The molecule has 0 fully saturated rings. The fraction of sp³-hybridized carbons (Fsp3) is 0.250. The Morgan fingerprint density at radius 2 is 1.92 bits per heavy atom. The lowest BCUT2D eigenvalue weighted by Gasteiger charge is -2.13. The molecule has 132 valence electrons. The fourth-order valence-corrected chi connectivity index (χ4v) is 3.40. The number of fused-ring (bicyclic) bond motifs is 1. The third-order valence-corrected chi connectivity index (χ3v) is 4.76. The molecule has 1 N–H and O–H groups in total. The van der Waals surface area contributed by atoms with Gasteiger partial charge in [-0.15, -0.1) is 10.2 Å². The molecule has 1 aliphatic rings. The summed E-state index contributed by atoms with van der Waals surface area (Å²) in [6, 6.07) is 11.6. The lowest BCUT2D eigenvalue weighted by Crippen LogP contribution is -2.23. The molecule has 2 aromatic carbocycles. The van der Waals surface area contributed by atoms with Crippen LogP contribution in [0, 0.1) is 0 Å². The van der Waals surface area contributed by atoms with Crippen molar-refractivity contribution in [3.63, 3.8) is 0 Å². The van der Waals surface area contributed by atoms with Gasteiger partial charge in [-0.25, -0.2) is 0 Å². The summed E-state index contributed by atoms with van der Waals surface area (Å²) in [5, 5.41) is 10.6. The molecule has 0 saturated heterocycles. The van der Waals surface area contributed by atoms with Gasteiger partial charge in [-0.3, -0.25) is 9.36 Å². The van der Waals surface area contributed by atoms with Crippen molar-refractivity contribution in [1.29, 1.82) is 0 Å². The van der Waals surface area contributed by atoms with E-state index in [0.717, 1.165) is 29.8 Å². The third-order valence-electron chi connectivity index (χ3n) is 4.76. The normalized spacial score (nSPS) is 12.7. The molecular formula is C20H20N4O2. The van der Waals surface area contributed by atoms with Crippen molar-refractivity contribution in [3.8, 4) is 11.4 Å². The zero-order valence-electron chi connectivity index (χ0n) is 14.6. The SMILES string of the molecule is COc1cc2c(cc1CNC(=O)c1cccc(-n3cnnc3)c1)CCC2. The third kappa shape index (κ3) is 3.18. The number of hydrogen-bond acceptors (Lipinski definition) is 4. The quantitative estimate of drug-likeness (QED) is 0.770. The molecule has 1 aromatic heterocycles. The highest BCUT2D eigenvalue weighted by Gasteiger charge is 2.16. The summed E-state index contributed by atoms with van der Waals surface area (Å²) < 4.78 is 7.27. The van der Waals surface area contributed by atoms with E-state index < -0.39 is 0 Å². The molecule has 0 radical (unpaired) electrons. The Morgan fingerprint density at radius 1 is 1.15 bits per heavy atom. The summed E-state index contributed by atoms with van der Waals surface area (Å²) in [6.07, 6.45) is 6.60. The van der Waals surface area contributed by atoms with Gasteiger partial charge in [0.25, 0.3) is 5.91 Å². The number of hydrogen-bond donors (Lipinski definition) is 1. The minimum atomic E-state index is -0.123. The van der Waals surface area contributed by atoms with Crippen molar-refractivity contribution in [2.45, 2.75) is 25.8 Å². The van der Waals surface area contributed by atoms with E-state index in [1.54, 1.807) is 30.4 Å². The highest BCUT2D eigenvalue weighted by atomic mass is 16.5. The standard InChI is InChI=1S/C20H20N4O2/c1-26-19-10-15-5-2-4-14(15)8-17(19)11-21-20(25)16-6-3-7-18(9-16)24-12-22-23-13-24/h3,6-10,12-13H,2,4-5,11H2,1H3,(H,21,25). The lowest BCUT2D eigenvalue weighted by atomic mass is 10.0. The first-order valence-corrected chi connectivity index (χ1v) is 8.66. The predicted molar refractivity (Wildman–Crippen MR) is 97.5 cm³/mol. The van der Waals surface area contributed by atoms with Crippen LogP contribution >= 0.6 is 0 Å². The van der Waals surface area contributed by atoms with Crippen molar-refractivity contribution >= 4 is 5.91 Å². The highest BCUT2D eigenvalue weighted by molar-refractivity contribution is 5.94. The Bertz CT molecular complexity index is 935. The topological polar surface area (TPSA) is 69.0 Å². The molecule has 0 saturated carbocycles. The maximum Gasteiger partial charge on any atom is 0.251 e. The summed E-state index contributed by atoms with van der Waals surface area (Å²) in [6.45, 7) is 0.437. The summed E-state index contributed by atoms with van der Waals surface area (Å²) in [5.74, 6) is 0.715. The molecule has 0 aliphatic heterocycles. The van der Waals surface area contributed by atoms with Crippen molar-refractivity contribution in [3.05, 3.63) is 71.3 Å². The molecule has 1 heterocycles. The molecule has 3 aromatic rings. The fourth-order valence-electron chi connectivity index (χ4n) is 3.40. The molecular weight excluding hydrogens is 328 g/mol. The number of carbonyl (C=O) groups is 1. The van der Waals surface area contributed by atoms with E-state index in [-0.39, 0.29) is 5.91 Å². The molecule has 1 amide bonds. The first-order chi connectivity index (χ1) is 12.7. The number of benzene rings is 2. The van der Waals surface area contributed by atoms with E-state index in [4.69, 9.17) is 4.74 Å². The van der Waals surface area contributed by atoms with Crippen LogP contribution in [0.3, 0.4) is 0 Å². The van der Waals surface area contributed by atoms with Crippen molar-refractivity contribution in [1.82, 2.24) is 20.1 Å². The second-order valence-electron chi connectivity index (χ2n) is 6.39. The van der Waals surface area contributed by atoms with Gasteiger partial charge in [0.2, 0.25) is 0 Å². The van der Waals surface area contributed by atoms with Crippen LogP contribution in [0.1, 0.15) is 33.5 Å². The van der Waals surface area contributed by atoms with Gasteiger partial charge in [0.15, 0.2) is 0 Å². The zero-order chi connectivity index (χ0) is 17.9. The second-order valence-corrected chi connectivity index (χ2v) is 6.39. The molecule has 6 nitrogen and oxygen atoms in total. The predicted octanol–water partition coefficient (Wildman–Crippen LogP) is 2.69. The molecule has 6 heteroatoms. The zero-order valence-corrected chi connectivity index (χ0v) is 14.6. The molecule has 0 bridgehead atoms. The minimum absolute atomic E-state index is 0.123. The van der Waals surface area contributed by atoms with Crippen LogP contribution in [0.2, 0.25) is 0 Å². The van der Waals surface area contributed by atoms with Crippen molar-refractivity contribution < 1.29 is 9.53 Å². The van der Waals surface area contributed by atoms with E-state index in [2.05, 4.69) is 27.6 Å². The first-order valence-electron chi connectivity index (χ1n) is 8.66. The lowest BCUT2D eigenvalue weighted by molar-refractivity contribution is 0.0950. The average molecular weight is 348 g/mol. The first kappa shape index (κ1) is 16.3. The van der Waals surface area contributed by atoms with Crippen LogP contribution in [0.4, 0.5) is 0 Å². The van der Waals surface area contributed by atoms with E-state index in [1.165, 1.54) is 17.5 Å². The number of amides is 1. The molecule has 26 heavy (non-hydrogen) atoms. The summed E-state index contributed by atoms with van der Waals surface area (Å²) in [4.78, 5) is 12.6. The number of aryl methyl sites for hydroxylation is 2. The molecule has 0 spiro atoms. The van der Waals surface area contributed by atoms with Crippen LogP contribution in [-0.4, -0.2) is 27.8 Å². The second kappa shape index (κ2) is 7.00. The molecule has 4 rings (SSSR count). The summed E-state index contributed by atoms with van der Waals surface area (Å²) in [5.41, 5.74) is 5.17. The van der Waals surface area contributed by atoms with Gasteiger partial charge in [0.05, 0.1) is 7.11 Å². The van der Waals surface area contributed by atoms with Gasteiger partial charge in [-0.2, -0.15) is 0 Å². The van der Waals surface area contributed by atoms with Crippen LogP contribution in [0.5, 0.6) is 5.75 Å². The number of carbonyl (C=O) groups excluding carboxylic acids is 1. The Kier molecular flexibility index (Phi) is 4.39. The van der Waals surface area contributed by atoms with Crippen LogP contribution in [0.15, 0.2) is 49.1 Å². The molecule has 1 aliphatic carbocycles. The van der Waals surface area contributed by atoms with Gasteiger partial charge >= 0.3 is 0 Å². The summed E-state index contributed by atoms with van der Waals surface area (Å²) >= 11 is 0. The number of ether oxygens (including phenoxy) is 1. The Morgan fingerprint density at radius 3 is 2.69 bits per heavy atom. The Balaban J connectivity index is 1.50. The van der Waals surface area contributed by atoms with E-state index in [0.29, 0.717) is 12.1 Å². The number of nitrogens with one attached hydrogen (secondary N) is 1. The van der Waals surface area contributed by atoms with Gasteiger partial charge < -0.3 is 10.1 Å². The van der Waals surface area contributed by atoms with Crippen molar-refractivity contribution in [2.24, 2.45) is 0 Å². The van der Waals surface area contributed by atoms with E-state index in [9.17, 15) is 4.79 Å². The minimum Gasteiger partial charge on any atom is -0.496 e. The van der Waals surface area contributed by atoms with Crippen LogP contribution in [0.25, 0.3) is 5.69 Å². The van der Waals surface area contributed by atoms with Gasteiger partial charge in [-0.1, -0.05) is 12.1 Å². The van der Waals surface area contributed by atoms with Gasteiger partial charge in [0, 0.05) is 23.4 Å². The maximum absolute atomic E-state index is 12.6. The monoisotopic (exact) mass is 348 g/mol. The number of aromatic nitrogens is 3.